The molecule has 0 atom stereocenters. The van der Waals surface area contributed by atoms with Crippen LogP contribution < -0.4 is 0 Å². The zero-order valence-electron chi connectivity index (χ0n) is 10.8. The lowest BCUT2D eigenvalue weighted by Crippen LogP contribution is -2.12. The van der Waals surface area contributed by atoms with Crippen molar-refractivity contribution < 1.29 is 4.79 Å². The van der Waals surface area contributed by atoms with Gasteiger partial charge < -0.3 is 0 Å². The monoisotopic (exact) mass is 245 g/mol. The van der Waals surface area contributed by atoms with Gasteiger partial charge in [0.15, 0.2) is 0 Å². The second kappa shape index (κ2) is 6.28. The number of hydrogen-bond acceptors (Lipinski definition) is 3. The van der Waals surface area contributed by atoms with Crippen LogP contribution in [0.4, 0.5) is 0 Å². The maximum absolute atomic E-state index is 12.0. The van der Waals surface area contributed by atoms with Gasteiger partial charge >= 0.3 is 0 Å². The molecule has 0 aliphatic rings. The molecule has 2 aromatic rings. The van der Waals surface area contributed by atoms with Crippen LogP contribution in [0.3, 0.4) is 0 Å². The normalized spacial score (nSPS) is 10.9. The maximum atomic E-state index is 12.0. The van der Waals surface area contributed by atoms with E-state index >= 15 is 0 Å². The van der Waals surface area contributed by atoms with Crippen molar-refractivity contribution in [3.05, 3.63) is 24.3 Å². The van der Waals surface area contributed by atoms with Crippen molar-refractivity contribution in [2.24, 2.45) is 0 Å². The van der Waals surface area contributed by atoms with Crippen LogP contribution in [0.5, 0.6) is 0 Å². The number of carbonyl (C=O) groups excluding carboxylic acids is 1. The Morgan fingerprint density at radius 2 is 1.94 bits per heavy atom. The Labute approximate surface area is 107 Å². The summed E-state index contributed by atoms with van der Waals surface area (Å²) in [5, 5.41) is 7.92. The molecule has 1 heterocycles. The molecule has 1 aromatic heterocycles. The van der Waals surface area contributed by atoms with Crippen molar-refractivity contribution in [2.45, 2.75) is 45.4 Å². The second-order valence-corrected chi connectivity index (χ2v) is 4.55. The fraction of sp³-hybridized carbons (Fsp3) is 0.500. The molecule has 0 aliphatic heterocycles. The number of carbonyl (C=O) groups is 1. The molecular weight excluding hydrogens is 226 g/mol. The summed E-state index contributed by atoms with van der Waals surface area (Å²) >= 11 is 0. The van der Waals surface area contributed by atoms with Crippen molar-refractivity contribution in [3.8, 4) is 0 Å². The Morgan fingerprint density at radius 3 is 2.78 bits per heavy atom. The molecule has 0 spiro atoms. The van der Waals surface area contributed by atoms with Gasteiger partial charge in [-0.25, -0.2) is 0 Å². The van der Waals surface area contributed by atoms with Gasteiger partial charge in [0.2, 0.25) is 5.91 Å². The third-order valence-electron chi connectivity index (χ3n) is 3.08. The van der Waals surface area contributed by atoms with Gasteiger partial charge in [0.1, 0.15) is 5.52 Å². The molecule has 0 fully saturated rings. The number of rotatable bonds is 6. The molecule has 0 radical (unpaired) electrons. The van der Waals surface area contributed by atoms with Crippen LogP contribution in [-0.4, -0.2) is 20.9 Å². The number of nitrogens with zero attached hydrogens (tertiary/aromatic N) is 3. The summed E-state index contributed by atoms with van der Waals surface area (Å²) in [4.78, 5) is 12.0. The average Bonchev–Trinajstić information content (AvgIpc) is 2.82. The Kier molecular flexibility index (Phi) is 4.45. The van der Waals surface area contributed by atoms with Gasteiger partial charge in [-0.15, -0.1) is 5.10 Å². The summed E-state index contributed by atoms with van der Waals surface area (Å²) in [6.07, 6.45) is 6.29. The second-order valence-electron chi connectivity index (χ2n) is 4.55. The van der Waals surface area contributed by atoms with Crippen molar-refractivity contribution >= 4 is 16.9 Å². The lowest BCUT2D eigenvalue weighted by Gasteiger charge is -2.01. The van der Waals surface area contributed by atoms with E-state index in [9.17, 15) is 4.79 Å². The molecule has 1 aromatic carbocycles. The van der Waals surface area contributed by atoms with Crippen LogP contribution in [0.25, 0.3) is 11.0 Å². The van der Waals surface area contributed by atoms with Crippen molar-refractivity contribution in [3.63, 3.8) is 0 Å². The van der Waals surface area contributed by atoms with E-state index in [0.717, 1.165) is 23.9 Å². The standard InChI is InChI=1S/C14H19N3O/c1-2-3-4-5-6-11-14(18)17-13-10-8-7-9-12(13)15-16-17/h7-10H,2-6,11H2,1H3. The van der Waals surface area contributed by atoms with Gasteiger partial charge in [-0.05, 0) is 18.6 Å². The summed E-state index contributed by atoms with van der Waals surface area (Å²) < 4.78 is 1.43. The molecule has 0 unspecified atom stereocenters. The van der Waals surface area contributed by atoms with E-state index in [1.54, 1.807) is 0 Å². The molecule has 0 aliphatic carbocycles. The summed E-state index contributed by atoms with van der Waals surface area (Å²) in [6.45, 7) is 2.19. The highest BCUT2D eigenvalue weighted by molar-refractivity contribution is 5.88. The molecule has 4 nitrogen and oxygen atoms in total. The average molecular weight is 245 g/mol. The SMILES string of the molecule is CCCCCCCC(=O)n1nnc2ccccc21. The number of benzene rings is 1. The van der Waals surface area contributed by atoms with Crippen LogP contribution in [0.2, 0.25) is 0 Å². The van der Waals surface area contributed by atoms with E-state index < -0.39 is 0 Å². The van der Waals surface area contributed by atoms with Crippen molar-refractivity contribution in [2.75, 3.05) is 0 Å². The molecule has 0 saturated heterocycles. The largest absolute Gasteiger partial charge is 0.273 e. The van der Waals surface area contributed by atoms with Gasteiger partial charge in [-0.1, -0.05) is 50.0 Å². The number of hydrogen-bond donors (Lipinski definition) is 0. The lowest BCUT2D eigenvalue weighted by molar-refractivity contribution is 0.0886. The van der Waals surface area contributed by atoms with E-state index in [-0.39, 0.29) is 5.91 Å². The highest BCUT2D eigenvalue weighted by Crippen LogP contribution is 2.12. The highest BCUT2D eigenvalue weighted by atomic mass is 16.2. The molecule has 2 rings (SSSR count). The molecule has 0 N–H and O–H groups in total. The summed E-state index contributed by atoms with van der Waals surface area (Å²) in [5.41, 5.74) is 1.58. The molecule has 96 valence electrons. The minimum absolute atomic E-state index is 0.0419. The third-order valence-corrected chi connectivity index (χ3v) is 3.08. The quantitative estimate of drug-likeness (QED) is 0.732. The van der Waals surface area contributed by atoms with Gasteiger partial charge in [0.25, 0.3) is 0 Å². The van der Waals surface area contributed by atoms with Crippen LogP contribution in [-0.2, 0) is 0 Å². The molecule has 0 amide bonds. The summed E-state index contributed by atoms with van der Waals surface area (Å²) in [5.74, 6) is 0.0419. The van der Waals surface area contributed by atoms with Crippen LogP contribution >= 0.6 is 0 Å². The van der Waals surface area contributed by atoms with E-state index in [2.05, 4.69) is 17.2 Å². The Balaban J connectivity index is 1.93. The van der Waals surface area contributed by atoms with Crippen LogP contribution in [0, 0.1) is 0 Å². The van der Waals surface area contributed by atoms with E-state index in [1.807, 2.05) is 24.3 Å². The van der Waals surface area contributed by atoms with E-state index in [1.165, 1.54) is 23.9 Å². The Bertz CT molecular complexity index is 518. The molecular formula is C14H19N3O. The first kappa shape index (κ1) is 12.7. The van der Waals surface area contributed by atoms with E-state index in [4.69, 9.17) is 0 Å². The number of para-hydroxylation sites is 1. The van der Waals surface area contributed by atoms with Gasteiger partial charge in [0, 0.05) is 6.42 Å². The lowest BCUT2D eigenvalue weighted by atomic mass is 10.1. The van der Waals surface area contributed by atoms with Crippen molar-refractivity contribution in [1.82, 2.24) is 15.0 Å². The minimum Gasteiger partial charge on any atom is -0.273 e. The van der Waals surface area contributed by atoms with Gasteiger partial charge in [-0.2, -0.15) is 4.68 Å². The van der Waals surface area contributed by atoms with Crippen molar-refractivity contribution in [1.29, 1.82) is 0 Å². The maximum Gasteiger partial charge on any atom is 0.248 e. The zero-order chi connectivity index (χ0) is 12.8. The van der Waals surface area contributed by atoms with Gasteiger partial charge in [0.05, 0.1) is 5.52 Å². The number of fused-ring (bicyclic) bond motifs is 1. The first-order chi connectivity index (χ1) is 8.83. The molecule has 0 saturated carbocycles. The Hall–Kier alpha value is -1.71. The zero-order valence-corrected chi connectivity index (χ0v) is 10.8. The topological polar surface area (TPSA) is 47.8 Å². The molecule has 0 bridgehead atoms. The fourth-order valence-electron chi connectivity index (χ4n) is 2.04. The predicted molar refractivity (Wildman–Crippen MR) is 71.5 cm³/mol. The smallest absolute Gasteiger partial charge is 0.248 e. The van der Waals surface area contributed by atoms with Crippen LogP contribution in [0.15, 0.2) is 24.3 Å². The van der Waals surface area contributed by atoms with Crippen LogP contribution in [0.1, 0.15) is 50.2 Å². The number of unbranched alkanes of at least 4 members (excludes halogenated alkanes) is 4. The Morgan fingerprint density at radius 1 is 1.17 bits per heavy atom. The summed E-state index contributed by atoms with van der Waals surface area (Å²) in [6, 6.07) is 7.55. The van der Waals surface area contributed by atoms with Gasteiger partial charge in [-0.3, -0.25) is 4.79 Å². The number of aromatic nitrogens is 3. The first-order valence-electron chi connectivity index (χ1n) is 6.66. The predicted octanol–water partition coefficient (Wildman–Crippen LogP) is 3.43. The highest BCUT2D eigenvalue weighted by Gasteiger charge is 2.10. The third kappa shape index (κ3) is 2.94. The molecule has 18 heavy (non-hydrogen) atoms. The molecule has 4 heteroatoms. The summed E-state index contributed by atoms with van der Waals surface area (Å²) in [7, 11) is 0. The fourth-order valence-corrected chi connectivity index (χ4v) is 2.04. The van der Waals surface area contributed by atoms with E-state index in [0.29, 0.717) is 6.42 Å². The minimum atomic E-state index is 0.0419. The first-order valence-corrected chi connectivity index (χ1v) is 6.66.